The summed E-state index contributed by atoms with van der Waals surface area (Å²) >= 11 is 0. The van der Waals surface area contributed by atoms with E-state index in [2.05, 4.69) is 13.2 Å². The van der Waals surface area contributed by atoms with Crippen LogP contribution in [0.15, 0.2) is 24.3 Å². The van der Waals surface area contributed by atoms with Crippen molar-refractivity contribution in [1.82, 2.24) is 0 Å². The largest absolute Gasteiger partial charge is 0.462 e. The lowest BCUT2D eigenvalue weighted by molar-refractivity contribution is -0.176. The van der Waals surface area contributed by atoms with E-state index >= 15 is 0 Å². The second kappa shape index (κ2) is 23.6. The van der Waals surface area contributed by atoms with Gasteiger partial charge >= 0.3 is 47.8 Å². The van der Waals surface area contributed by atoms with Crippen molar-refractivity contribution in [1.29, 1.82) is 0 Å². The molecule has 0 bridgehead atoms. The molecule has 0 amide bonds. The van der Waals surface area contributed by atoms with E-state index in [1.807, 2.05) is 0 Å². The first-order valence-electron chi connectivity index (χ1n) is 21.1. The molecule has 0 saturated heterocycles. The molecule has 0 aromatic rings. The second-order valence-electron chi connectivity index (χ2n) is 19.7. The number of carbonyl (C=O) groups excluding carboxylic acids is 8. The summed E-state index contributed by atoms with van der Waals surface area (Å²) in [5.41, 5.74) is -2.25. The third kappa shape index (κ3) is 21.4. The van der Waals surface area contributed by atoms with Crippen LogP contribution in [-0.2, 0) is 76.3 Å². The molecule has 2 saturated carbocycles. The zero-order chi connectivity index (χ0) is 48.0. The van der Waals surface area contributed by atoms with Crippen molar-refractivity contribution in [2.24, 2.45) is 35.5 Å². The van der Waals surface area contributed by atoms with Gasteiger partial charge in [-0.1, -0.05) is 13.2 Å². The Hall–Kier alpha value is -4.76. The van der Waals surface area contributed by atoms with Crippen molar-refractivity contribution in [3.63, 3.8) is 0 Å². The van der Waals surface area contributed by atoms with Crippen molar-refractivity contribution in [3.8, 4) is 0 Å². The van der Waals surface area contributed by atoms with Crippen LogP contribution < -0.4 is 0 Å². The molecule has 6 atom stereocenters. The molecule has 16 heteroatoms. The second-order valence-corrected chi connectivity index (χ2v) is 19.7. The van der Waals surface area contributed by atoms with Gasteiger partial charge in [0.2, 0.25) is 0 Å². The number of carbonyl (C=O) groups is 8. The molecule has 62 heavy (non-hydrogen) atoms. The van der Waals surface area contributed by atoms with Crippen molar-refractivity contribution < 1.29 is 76.3 Å². The van der Waals surface area contributed by atoms with Crippen LogP contribution in [0.4, 0.5) is 0 Å². The van der Waals surface area contributed by atoms with Crippen LogP contribution in [0, 0.1) is 35.5 Å². The first-order valence-corrected chi connectivity index (χ1v) is 21.1. The lowest BCUT2D eigenvalue weighted by atomic mass is 9.73. The molecule has 0 spiro atoms. The fraction of sp³-hybridized carbons (Fsp3) is 0.739. The highest BCUT2D eigenvalue weighted by molar-refractivity contribution is 5.88. The van der Waals surface area contributed by atoms with Crippen LogP contribution in [0.25, 0.3) is 0 Å². The minimum absolute atomic E-state index is 0.109. The van der Waals surface area contributed by atoms with Crippen LogP contribution >= 0.6 is 0 Å². The van der Waals surface area contributed by atoms with Gasteiger partial charge in [0.25, 0.3) is 0 Å². The predicted molar refractivity (Wildman–Crippen MR) is 225 cm³/mol. The van der Waals surface area contributed by atoms with Crippen LogP contribution in [0.2, 0.25) is 0 Å². The van der Waals surface area contributed by atoms with Gasteiger partial charge in [-0.3, -0.25) is 28.8 Å². The molecule has 0 radical (unpaired) electrons. The summed E-state index contributed by atoms with van der Waals surface area (Å²) < 4.78 is 42.2. The Morgan fingerprint density at radius 2 is 0.645 bits per heavy atom. The molecule has 0 aromatic carbocycles. The smallest absolute Gasteiger partial charge is 0.333 e. The number of hydrogen-bond donors (Lipinski definition) is 0. The number of rotatable bonds is 14. The van der Waals surface area contributed by atoms with Crippen LogP contribution in [-0.4, -0.2) is 96.6 Å². The average Bonchev–Trinajstić information content (AvgIpc) is 3.11. The zero-order valence-corrected chi connectivity index (χ0v) is 39.5. The summed E-state index contributed by atoms with van der Waals surface area (Å²) in [4.78, 5) is 98.8. The van der Waals surface area contributed by atoms with E-state index in [9.17, 15) is 38.4 Å². The Kier molecular flexibility index (Phi) is 21.1. The summed E-state index contributed by atoms with van der Waals surface area (Å²) in [6, 6.07) is 0. The van der Waals surface area contributed by atoms with E-state index in [4.69, 9.17) is 37.9 Å². The van der Waals surface area contributed by atoms with Crippen LogP contribution in [0.3, 0.4) is 0 Å². The van der Waals surface area contributed by atoms with Gasteiger partial charge in [0.15, 0.2) is 0 Å². The van der Waals surface area contributed by atoms with Crippen LogP contribution in [0.5, 0.6) is 0 Å². The first-order chi connectivity index (χ1) is 28.2. The SMILES string of the molecule is C=C(C)C(=O)OCCOC(=O)C1CC(C(=O)OC(C)(C)C)CCC1C(=O)OC(C)(C)C.C=C(C)C(=O)OCCOC(=O)C1CCC(C(=O)OC(C)(C)C)CC1C(=O)OC(C)(C)C. The Bertz CT molecular complexity index is 1630. The maximum atomic E-state index is 12.8. The van der Waals surface area contributed by atoms with E-state index in [-0.39, 0.29) is 62.8 Å². The van der Waals surface area contributed by atoms with Gasteiger partial charge in [0.05, 0.1) is 35.5 Å². The summed E-state index contributed by atoms with van der Waals surface area (Å²) in [5, 5.41) is 0. The normalized spacial score (nSPS) is 21.6. The molecule has 352 valence electrons. The van der Waals surface area contributed by atoms with Gasteiger partial charge in [0, 0.05) is 11.1 Å². The zero-order valence-electron chi connectivity index (χ0n) is 39.5. The lowest BCUT2D eigenvalue weighted by Crippen LogP contribution is -2.42. The van der Waals surface area contributed by atoms with E-state index in [1.165, 1.54) is 13.8 Å². The van der Waals surface area contributed by atoms with Crippen molar-refractivity contribution in [2.75, 3.05) is 26.4 Å². The quantitative estimate of drug-likeness (QED) is 0.0766. The third-order valence-electron chi connectivity index (χ3n) is 9.02. The van der Waals surface area contributed by atoms with E-state index < -0.39 is 99.7 Å². The molecule has 6 unspecified atom stereocenters. The lowest BCUT2D eigenvalue weighted by Gasteiger charge is -2.35. The molecule has 2 aliphatic rings. The first kappa shape index (κ1) is 55.3. The molecular formula is C46H72O16. The number of esters is 8. The highest BCUT2D eigenvalue weighted by atomic mass is 16.6. The van der Waals surface area contributed by atoms with Crippen LogP contribution in [0.1, 0.15) is 135 Å². The number of hydrogen-bond acceptors (Lipinski definition) is 16. The maximum Gasteiger partial charge on any atom is 0.333 e. The molecule has 16 nitrogen and oxygen atoms in total. The van der Waals surface area contributed by atoms with Gasteiger partial charge in [-0.25, -0.2) is 9.59 Å². The molecular weight excluding hydrogens is 808 g/mol. The van der Waals surface area contributed by atoms with Gasteiger partial charge in [-0.05, 0) is 135 Å². The average molecular weight is 881 g/mol. The van der Waals surface area contributed by atoms with Crippen molar-refractivity contribution >= 4 is 47.8 Å². The molecule has 2 rings (SSSR count). The highest BCUT2D eigenvalue weighted by Crippen LogP contribution is 2.39. The van der Waals surface area contributed by atoms with Gasteiger partial charge in [-0.2, -0.15) is 0 Å². The molecule has 0 aliphatic heterocycles. The molecule has 2 aliphatic carbocycles. The standard InChI is InChI=1S/2C23H36O8/c1-14(2)18(24)28-11-12-29-20(26)17-13-15(19(25)30-22(3,4)5)9-10-16(17)21(27)31-23(6,7)8;1-14(2)18(24)28-11-12-29-20(26)16-10-9-15(19(25)30-22(3,4)5)13-17(16)21(27)31-23(6,7)8/h2*15-17H,1,9-13H2,2-8H3. The Balaban J connectivity index is 0.000000620. The maximum absolute atomic E-state index is 12.8. The number of ether oxygens (including phenoxy) is 8. The molecule has 0 heterocycles. The van der Waals surface area contributed by atoms with Gasteiger partial charge < -0.3 is 37.9 Å². The Morgan fingerprint density at radius 3 is 0.968 bits per heavy atom. The minimum atomic E-state index is -0.849. The Morgan fingerprint density at radius 1 is 0.387 bits per heavy atom. The fourth-order valence-electron chi connectivity index (χ4n) is 6.39. The summed E-state index contributed by atoms with van der Waals surface area (Å²) in [7, 11) is 0. The van der Waals surface area contributed by atoms with Gasteiger partial charge in [0.1, 0.15) is 48.8 Å². The van der Waals surface area contributed by atoms with E-state index in [0.29, 0.717) is 19.3 Å². The predicted octanol–water partition coefficient (Wildman–Crippen LogP) is 6.73. The summed E-state index contributed by atoms with van der Waals surface area (Å²) in [5.74, 6) is -8.34. The minimum Gasteiger partial charge on any atom is -0.462 e. The summed E-state index contributed by atoms with van der Waals surface area (Å²) in [6.45, 7) is 30.6. The van der Waals surface area contributed by atoms with Crippen molar-refractivity contribution in [2.45, 2.75) is 158 Å². The van der Waals surface area contributed by atoms with E-state index in [0.717, 1.165) is 0 Å². The monoisotopic (exact) mass is 880 g/mol. The molecule has 0 aromatic heterocycles. The van der Waals surface area contributed by atoms with Gasteiger partial charge in [-0.15, -0.1) is 0 Å². The molecule has 2 fully saturated rings. The Labute approximate surface area is 367 Å². The third-order valence-corrected chi connectivity index (χ3v) is 9.02. The highest BCUT2D eigenvalue weighted by Gasteiger charge is 2.46. The fourth-order valence-corrected chi connectivity index (χ4v) is 6.39. The topological polar surface area (TPSA) is 210 Å². The molecule has 0 N–H and O–H groups in total. The van der Waals surface area contributed by atoms with E-state index in [1.54, 1.807) is 83.1 Å². The summed E-state index contributed by atoms with van der Waals surface area (Å²) in [6.07, 6.45) is 1.69. The van der Waals surface area contributed by atoms with Crippen molar-refractivity contribution in [3.05, 3.63) is 24.3 Å².